The first kappa shape index (κ1) is 25.0. The van der Waals surface area contributed by atoms with E-state index in [9.17, 15) is 15.0 Å². The number of hydrogen-bond acceptors (Lipinski definition) is 3. The summed E-state index contributed by atoms with van der Waals surface area (Å²) in [6.07, 6.45) is 8.92. The number of rotatable bonds is 5. The van der Waals surface area contributed by atoms with Crippen molar-refractivity contribution >= 4 is 5.78 Å². The van der Waals surface area contributed by atoms with Crippen LogP contribution in [0, 0.1) is 56.7 Å². The molecular weight excluding hydrogens is 420 g/mol. The Hall–Kier alpha value is -0.670. The van der Waals surface area contributed by atoms with Crippen molar-refractivity contribution in [3.05, 3.63) is 12.2 Å². The lowest BCUT2D eigenvalue weighted by atomic mass is 9.41. The maximum Gasteiger partial charge on any atom is 0.138 e. The Bertz CT molecular complexity index is 891. The van der Waals surface area contributed by atoms with Gasteiger partial charge in [-0.05, 0) is 104 Å². The second kappa shape index (κ2) is 7.44. The van der Waals surface area contributed by atoms with Crippen molar-refractivity contribution in [3.63, 3.8) is 0 Å². The lowest BCUT2D eigenvalue weighted by Crippen LogP contribution is -2.61. The molecule has 0 radical (unpaired) electrons. The van der Waals surface area contributed by atoms with Gasteiger partial charge in [-0.15, -0.1) is 0 Å². The van der Waals surface area contributed by atoms with E-state index in [4.69, 9.17) is 0 Å². The second-order valence-electron chi connectivity index (χ2n) is 14.9. The summed E-state index contributed by atoms with van der Waals surface area (Å²) in [5.41, 5.74) is 1.64. The molecule has 0 aromatic rings. The number of Topliss-reactive ketones (excluding diaryl/α,β-unsaturated/α-hetero) is 1. The summed E-state index contributed by atoms with van der Waals surface area (Å²) in [6.45, 7) is 19.9. The monoisotopic (exact) mass is 470 g/mol. The molecule has 2 spiro atoms. The summed E-state index contributed by atoms with van der Waals surface area (Å²) < 4.78 is 0. The largest absolute Gasteiger partial charge is 0.393 e. The van der Waals surface area contributed by atoms with Crippen molar-refractivity contribution in [2.45, 2.75) is 118 Å². The highest BCUT2D eigenvalue weighted by Gasteiger charge is 2.83. The quantitative estimate of drug-likeness (QED) is 0.447. The van der Waals surface area contributed by atoms with Crippen molar-refractivity contribution in [2.75, 3.05) is 0 Å². The summed E-state index contributed by atoms with van der Waals surface area (Å²) in [6, 6.07) is 0. The number of fused-ring (bicyclic) bond motifs is 2. The summed E-state index contributed by atoms with van der Waals surface area (Å²) in [4.78, 5) is 12.9. The van der Waals surface area contributed by atoms with Gasteiger partial charge in [0.15, 0.2) is 0 Å². The Labute approximate surface area is 208 Å². The third-order valence-corrected chi connectivity index (χ3v) is 13.5. The van der Waals surface area contributed by atoms with E-state index in [2.05, 4.69) is 48.1 Å². The zero-order valence-electron chi connectivity index (χ0n) is 22.9. The minimum atomic E-state index is -0.326. The van der Waals surface area contributed by atoms with E-state index in [1.807, 2.05) is 6.92 Å². The normalized spacial score (nSPS) is 51.4. The molecule has 2 unspecified atom stereocenters. The van der Waals surface area contributed by atoms with Gasteiger partial charge >= 0.3 is 0 Å². The lowest BCUT2D eigenvalue weighted by molar-refractivity contribution is -0.189. The molecule has 0 saturated heterocycles. The molecule has 34 heavy (non-hydrogen) atoms. The van der Waals surface area contributed by atoms with Gasteiger partial charge < -0.3 is 10.2 Å². The van der Waals surface area contributed by atoms with Crippen LogP contribution in [0.1, 0.15) is 106 Å². The highest BCUT2D eigenvalue weighted by molar-refractivity contribution is 5.86. The smallest absolute Gasteiger partial charge is 0.138 e. The fourth-order valence-corrected chi connectivity index (χ4v) is 11.2. The number of ketones is 1. The minimum absolute atomic E-state index is 0.134. The van der Waals surface area contributed by atoms with Crippen molar-refractivity contribution < 1.29 is 15.0 Å². The van der Waals surface area contributed by atoms with Gasteiger partial charge in [0.05, 0.1) is 12.2 Å². The van der Waals surface area contributed by atoms with Crippen LogP contribution in [0.4, 0.5) is 0 Å². The highest BCUT2D eigenvalue weighted by Crippen LogP contribution is 2.88. The first-order valence-corrected chi connectivity index (χ1v) is 14.2. The summed E-state index contributed by atoms with van der Waals surface area (Å²) >= 11 is 0. The van der Waals surface area contributed by atoms with Crippen LogP contribution >= 0.6 is 0 Å². The van der Waals surface area contributed by atoms with Gasteiger partial charge in [-0.2, -0.15) is 0 Å². The maximum atomic E-state index is 12.9. The lowest BCUT2D eigenvalue weighted by Gasteiger charge is -2.64. The van der Waals surface area contributed by atoms with E-state index < -0.39 is 0 Å². The van der Waals surface area contributed by atoms with Crippen molar-refractivity contribution in [3.8, 4) is 0 Å². The molecule has 0 aliphatic heterocycles. The Morgan fingerprint density at radius 1 is 1.06 bits per heavy atom. The van der Waals surface area contributed by atoms with Crippen LogP contribution in [0.25, 0.3) is 0 Å². The van der Waals surface area contributed by atoms with Crippen molar-refractivity contribution in [2.24, 2.45) is 56.7 Å². The molecule has 0 heterocycles. The van der Waals surface area contributed by atoms with Gasteiger partial charge in [-0.3, -0.25) is 4.79 Å². The standard InChI is InChI=1S/C31H50O3/c1-18(2)20(4)22(32)15-19(3)21-9-11-29(8)26-23(33)16-24-27(5,6)25(34)10-12-30(24)17-31(26,30)14-13-28(21,29)7/h19-24,26,32-33H,1,9-17H2,2-8H3/t19-,20?,21-,22?,23+,24+,26+,28-,29+,30-,31+/m1/s1. The van der Waals surface area contributed by atoms with Gasteiger partial charge in [0.25, 0.3) is 0 Å². The van der Waals surface area contributed by atoms with Crippen molar-refractivity contribution in [1.29, 1.82) is 0 Å². The number of aliphatic hydroxyl groups is 2. The fraction of sp³-hybridized carbons (Fsp3) is 0.903. The van der Waals surface area contributed by atoms with E-state index in [0.29, 0.717) is 29.5 Å². The molecule has 0 aromatic heterocycles. The summed E-state index contributed by atoms with van der Waals surface area (Å²) in [5, 5.41) is 22.7. The molecule has 5 aliphatic carbocycles. The third kappa shape index (κ3) is 2.86. The molecular formula is C31H50O3. The van der Waals surface area contributed by atoms with Crippen LogP contribution in [0.3, 0.4) is 0 Å². The highest BCUT2D eigenvalue weighted by atomic mass is 16.3. The van der Waals surface area contributed by atoms with Crippen LogP contribution < -0.4 is 0 Å². The van der Waals surface area contributed by atoms with Crippen molar-refractivity contribution in [1.82, 2.24) is 0 Å². The average Bonchev–Trinajstić information content (AvgIpc) is 3.31. The number of carbonyl (C=O) groups is 1. The second-order valence-corrected chi connectivity index (χ2v) is 14.9. The molecule has 2 N–H and O–H groups in total. The first-order chi connectivity index (χ1) is 15.7. The molecule has 5 aliphatic rings. The molecule has 192 valence electrons. The molecule has 11 atom stereocenters. The Balaban J connectivity index is 1.44. The Morgan fingerprint density at radius 3 is 2.38 bits per heavy atom. The molecule has 0 amide bonds. The predicted molar refractivity (Wildman–Crippen MR) is 137 cm³/mol. The van der Waals surface area contributed by atoms with E-state index in [0.717, 1.165) is 31.3 Å². The third-order valence-electron chi connectivity index (χ3n) is 13.5. The molecule has 3 nitrogen and oxygen atoms in total. The fourth-order valence-electron chi connectivity index (χ4n) is 11.2. The topological polar surface area (TPSA) is 57.5 Å². The van der Waals surface area contributed by atoms with E-state index in [1.54, 1.807) is 0 Å². The molecule has 5 saturated carbocycles. The predicted octanol–water partition coefficient (Wildman–Crippen LogP) is 6.56. The van der Waals surface area contributed by atoms with Crippen LogP contribution in [0.5, 0.6) is 0 Å². The van der Waals surface area contributed by atoms with Crippen LogP contribution in [-0.2, 0) is 4.79 Å². The number of carbonyl (C=O) groups excluding carboxylic acids is 1. The minimum Gasteiger partial charge on any atom is -0.393 e. The maximum absolute atomic E-state index is 12.9. The van der Waals surface area contributed by atoms with Gasteiger partial charge in [0.1, 0.15) is 5.78 Å². The molecule has 0 bridgehead atoms. The number of hydrogen-bond donors (Lipinski definition) is 2. The summed E-state index contributed by atoms with van der Waals surface area (Å²) in [7, 11) is 0. The zero-order chi connectivity index (χ0) is 25.1. The van der Waals surface area contributed by atoms with Crippen LogP contribution in [0.2, 0.25) is 0 Å². The molecule has 0 aromatic carbocycles. The van der Waals surface area contributed by atoms with E-state index >= 15 is 0 Å². The SMILES string of the molecule is C=C(C)C(C)C(O)C[C@@H](C)[C@H]1CC[C@@]2(C)[C@@H]3[C@@H](O)C[C@H]4C(C)(C)C(=O)CC[C@@]45C[C@@]35CC[C@]12C. The van der Waals surface area contributed by atoms with Gasteiger partial charge in [-0.1, -0.05) is 53.7 Å². The Morgan fingerprint density at radius 2 is 1.74 bits per heavy atom. The van der Waals surface area contributed by atoms with Gasteiger partial charge in [0, 0.05) is 17.8 Å². The zero-order valence-corrected chi connectivity index (χ0v) is 22.9. The van der Waals surface area contributed by atoms with Gasteiger partial charge in [0.2, 0.25) is 0 Å². The average molecular weight is 471 g/mol. The summed E-state index contributed by atoms with van der Waals surface area (Å²) in [5.74, 6) is 2.31. The number of aliphatic hydroxyl groups excluding tert-OH is 2. The van der Waals surface area contributed by atoms with Crippen LogP contribution in [-0.4, -0.2) is 28.2 Å². The molecule has 5 rings (SSSR count). The van der Waals surface area contributed by atoms with E-state index in [1.165, 1.54) is 32.1 Å². The van der Waals surface area contributed by atoms with Gasteiger partial charge in [-0.25, -0.2) is 0 Å². The Kier molecular flexibility index (Phi) is 5.47. The van der Waals surface area contributed by atoms with Crippen LogP contribution in [0.15, 0.2) is 12.2 Å². The molecule has 5 fully saturated rings. The van der Waals surface area contributed by atoms with E-state index in [-0.39, 0.29) is 45.2 Å². The molecule has 3 heteroatoms. The first-order valence-electron chi connectivity index (χ1n) is 14.2.